The van der Waals surface area contributed by atoms with Gasteiger partial charge in [-0.2, -0.15) is 0 Å². The molecule has 0 saturated heterocycles. The Morgan fingerprint density at radius 3 is 2.33 bits per heavy atom. The van der Waals surface area contributed by atoms with Crippen molar-refractivity contribution in [2.45, 2.75) is 39.4 Å². The molecule has 0 bridgehead atoms. The largest absolute Gasteiger partial charge is 0.489 e. The average Bonchev–Trinajstić information content (AvgIpc) is 1.85. The van der Waals surface area contributed by atoms with Crippen molar-refractivity contribution in [3.05, 3.63) is 0 Å². The second kappa shape index (κ2) is 4.94. The molecule has 72 valence electrons. The fourth-order valence-corrected chi connectivity index (χ4v) is 1.61. The van der Waals surface area contributed by atoms with Gasteiger partial charge >= 0.3 is 0 Å². The maximum absolute atomic E-state index is 5.60. The van der Waals surface area contributed by atoms with Crippen molar-refractivity contribution in [2.75, 3.05) is 6.23 Å². The van der Waals surface area contributed by atoms with Gasteiger partial charge in [0.05, 0.1) is 22.6 Å². The van der Waals surface area contributed by atoms with Gasteiger partial charge < -0.3 is 9.47 Å². The molecule has 0 radical (unpaired) electrons. The lowest BCUT2D eigenvalue weighted by Gasteiger charge is -2.27. The molecule has 0 aromatic rings. The molecule has 0 fully saturated rings. The van der Waals surface area contributed by atoms with E-state index >= 15 is 0 Å². The molecule has 12 heavy (non-hydrogen) atoms. The molecule has 0 amide bonds. The van der Waals surface area contributed by atoms with E-state index in [0.29, 0.717) is 5.05 Å². The Balaban J connectivity index is 4.09. The van der Waals surface area contributed by atoms with Crippen LogP contribution in [0.4, 0.5) is 0 Å². The van der Waals surface area contributed by atoms with Crippen molar-refractivity contribution in [2.24, 2.45) is 0 Å². The van der Waals surface area contributed by atoms with Crippen LogP contribution in [0.5, 0.6) is 0 Å². The molecular weight excluding hydrogens is 188 g/mol. The molecule has 0 N–H and O–H groups in total. The van der Waals surface area contributed by atoms with Gasteiger partial charge in [-0.05, 0) is 39.9 Å². The Bertz CT molecular complexity index is 157. The Hall–Kier alpha value is 0.0669. The Kier molecular flexibility index (Phi) is 4.97. The summed E-state index contributed by atoms with van der Waals surface area (Å²) in [6.45, 7) is 7.86. The smallest absolute Gasteiger partial charge is 0.191 e. The summed E-state index contributed by atoms with van der Waals surface area (Å²) in [6, 6.07) is 0. The fraction of sp³-hybridized carbons (Fsp3) is 0.875. The highest BCUT2D eigenvalue weighted by atomic mass is 32.1. The molecule has 4 heteroatoms. The van der Waals surface area contributed by atoms with Crippen molar-refractivity contribution in [3.8, 4) is 0 Å². The van der Waals surface area contributed by atoms with E-state index in [1.807, 2.05) is 27.7 Å². The predicted octanol–water partition coefficient (Wildman–Crippen LogP) is 0.857. The summed E-state index contributed by atoms with van der Waals surface area (Å²) in [4.78, 5) is 0. The molecule has 0 aliphatic rings. The van der Waals surface area contributed by atoms with Gasteiger partial charge in [0.1, 0.15) is 5.60 Å². The van der Waals surface area contributed by atoms with Gasteiger partial charge in [-0.3, -0.25) is 0 Å². The van der Waals surface area contributed by atoms with Crippen LogP contribution in [0.15, 0.2) is 0 Å². The zero-order chi connectivity index (χ0) is 9.78. The molecule has 0 rings (SSSR count). The van der Waals surface area contributed by atoms with Crippen LogP contribution >= 0.6 is 12.2 Å². The fourth-order valence-electron chi connectivity index (χ4n) is 0.942. The minimum Gasteiger partial charge on any atom is -0.489 e. The molecule has 2 nitrogen and oxygen atoms in total. The third kappa shape index (κ3) is 4.18. The normalized spacial score (nSPS) is 12.1. The number of hydrogen-bond acceptors (Lipinski definition) is 3. The Morgan fingerprint density at radius 1 is 1.50 bits per heavy atom. The molecule has 0 aliphatic carbocycles. The first-order chi connectivity index (χ1) is 5.40. The van der Waals surface area contributed by atoms with Crippen LogP contribution in [0.25, 0.3) is 0 Å². The van der Waals surface area contributed by atoms with Gasteiger partial charge in [-0.15, -0.1) is 0 Å². The van der Waals surface area contributed by atoms with Gasteiger partial charge in [0, 0.05) is 0 Å². The summed E-state index contributed by atoms with van der Waals surface area (Å²) in [5, 5.41) is 0.561. The summed E-state index contributed by atoms with van der Waals surface area (Å²) < 4.78 is 10.9. The van der Waals surface area contributed by atoms with E-state index < -0.39 is 5.60 Å². The highest BCUT2D eigenvalue weighted by Gasteiger charge is 2.26. The van der Waals surface area contributed by atoms with E-state index in [1.54, 1.807) is 0 Å². The van der Waals surface area contributed by atoms with Crippen molar-refractivity contribution < 1.29 is 9.47 Å². The van der Waals surface area contributed by atoms with Crippen LogP contribution in [-0.4, -0.2) is 33.2 Å². The molecule has 0 spiro atoms. The summed E-state index contributed by atoms with van der Waals surface area (Å²) >= 11 is 5.08. The van der Waals surface area contributed by atoms with Gasteiger partial charge in [0.2, 0.25) is 0 Å². The van der Waals surface area contributed by atoms with Gasteiger partial charge in [-0.1, -0.05) is 0 Å². The molecule has 0 aromatic heterocycles. The second-order valence-corrected chi connectivity index (χ2v) is 4.35. The van der Waals surface area contributed by atoms with Crippen LogP contribution < -0.4 is 0 Å². The van der Waals surface area contributed by atoms with Crippen LogP contribution in [0.3, 0.4) is 0 Å². The SMILES string of the molecule is CC(C)OC(C)(C)C(=S)OC[SiH3]. The average molecular weight is 206 g/mol. The first kappa shape index (κ1) is 12.1. The van der Waals surface area contributed by atoms with Crippen LogP contribution in [0, 0.1) is 0 Å². The van der Waals surface area contributed by atoms with Crippen LogP contribution in [-0.2, 0) is 9.47 Å². The van der Waals surface area contributed by atoms with Crippen LogP contribution in [0.2, 0.25) is 0 Å². The zero-order valence-corrected chi connectivity index (χ0v) is 11.3. The van der Waals surface area contributed by atoms with Crippen molar-refractivity contribution in [1.29, 1.82) is 0 Å². The van der Waals surface area contributed by atoms with E-state index in [2.05, 4.69) is 0 Å². The number of hydrogen-bond donors (Lipinski definition) is 0. The monoisotopic (exact) mass is 206 g/mol. The number of rotatable bonds is 4. The number of thiocarbonyl (C=S) groups is 1. The highest BCUT2D eigenvalue weighted by Crippen LogP contribution is 2.15. The van der Waals surface area contributed by atoms with E-state index in [9.17, 15) is 0 Å². The molecule has 0 aliphatic heterocycles. The van der Waals surface area contributed by atoms with Gasteiger partial charge in [0.25, 0.3) is 0 Å². The lowest BCUT2D eigenvalue weighted by Crippen LogP contribution is -2.37. The molecule has 0 atom stereocenters. The lowest BCUT2D eigenvalue weighted by atomic mass is 10.1. The summed E-state index contributed by atoms with van der Waals surface area (Å²) in [7, 11) is 1.00. The lowest BCUT2D eigenvalue weighted by molar-refractivity contribution is -0.0196. The zero-order valence-electron chi connectivity index (χ0n) is 8.51. The second-order valence-electron chi connectivity index (χ2n) is 3.40. The molecule has 0 unspecified atom stereocenters. The number of ether oxygens (including phenoxy) is 2. The summed E-state index contributed by atoms with van der Waals surface area (Å²) in [5.41, 5.74) is -0.437. The van der Waals surface area contributed by atoms with Gasteiger partial charge in [0.15, 0.2) is 5.05 Å². The standard InChI is InChI=1S/C8H18O2SSi/c1-6(2)10-8(3,4)7(11)9-5-12/h6H,5H2,1-4,12H3. The third-order valence-corrected chi connectivity index (χ3v) is 2.20. The topological polar surface area (TPSA) is 18.5 Å². The van der Waals surface area contributed by atoms with Crippen LogP contribution in [0.1, 0.15) is 27.7 Å². The van der Waals surface area contributed by atoms with E-state index in [1.165, 1.54) is 0 Å². The maximum Gasteiger partial charge on any atom is 0.191 e. The van der Waals surface area contributed by atoms with E-state index in [0.717, 1.165) is 16.5 Å². The quantitative estimate of drug-likeness (QED) is 0.502. The van der Waals surface area contributed by atoms with E-state index in [4.69, 9.17) is 21.7 Å². The third-order valence-electron chi connectivity index (χ3n) is 1.30. The Morgan fingerprint density at radius 2 is 2.00 bits per heavy atom. The van der Waals surface area contributed by atoms with E-state index in [-0.39, 0.29) is 6.10 Å². The molecule has 0 aromatic carbocycles. The van der Waals surface area contributed by atoms with Gasteiger partial charge in [-0.25, -0.2) is 0 Å². The minimum absolute atomic E-state index is 0.177. The van der Waals surface area contributed by atoms with Crippen molar-refractivity contribution >= 4 is 27.5 Å². The van der Waals surface area contributed by atoms with Crippen molar-refractivity contribution in [3.63, 3.8) is 0 Å². The summed E-state index contributed by atoms with van der Waals surface area (Å²) in [6.07, 6.45) is 0.916. The molecule has 0 saturated carbocycles. The Labute approximate surface area is 83.1 Å². The first-order valence-electron chi connectivity index (χ1n) is 4.25. The predicted molar refractivity (Wildman–Crippen MR) is 58.8 cm³/mol. The maximum atomic E-state index is 5.60. The first-order valence-corrected chi connectivity index (χ1v) is 6.07. The highest BCUT2D eigenvalue weighted by molar-refractivity contribution is 7.80. The molecular formula is C8H18O2SSi. The minimum atomic E-state index is -0.437. The van der Waals surface area contributed by atoms with Crippen molar-refractivity contribution in [1.82, 2.24) is 0 Å². The summed E-state index contributed by atoms with van der Waals surface area (Å²) in [5.74, 6) is 0. The molecule has 0 heterocycles.